The van der Waals surface area contributed by atoms with Gasteiger partial charge in [-0.05, 0) is 25.7 Å². The first kappa shape index (κ1) is 10.5. The van der Waals surface area contributed by atoms with Gasteiger partial charge in [-0.3, -0.25) is 4.79 Å². The topological polar surface area (TPSA) is 41.6 Å². The van der Waals surface area contributed by atoms with Gasteiger partial charge in [0.1, 0.15) is 0 Å². The first-order chi connectivity index (χ1) is 7.86. The molecule has 3 fully saturated rings. The molecule has 90 valence electrons. The number of nitrogens with one attached hydrogen (secondary N) is 1. The zero-order valence-electron chi connectivity index (χ0n) is 9.65. The Balaban J connectivity index is 1.69. The number of rotatable bonds is 1. The molecule has 3 heterocycles. The molecule has 1 amide bonds. The third kappa shape index (κ3) is 1.74. The Bertz CT molecular complexity index is 260. The molecule has 4 nitrogen and oxygen atoms in total. The van der Waals surface area contributed by atoms with Crippen molar-refractivity contribution in [2.75, 3.05) is 26.3 Å². The van der Waals surface area contributed by atoms with Crippen molar-refractivity contribution >= 4 is 5.91 Å². The van der Waals surface area contributed by atoms with Crippen molar-refractivity contribution in [3.63, 3.8) is 0 Å². The van der Waals surface area contributed by atoms with E-state index < -0.39 is 0 Å². The molecule has 0 aromatic rings. The normalized spacial score (nSPS) is 35.4. The lowest BCUT2D eigenvalue weighted by Crippen LogP contribution is -2.56. The zero-order valence-corrected chi connectivity index (χ0v) is 9.65. The second kappa shape index (κ2) is 4.34. The van der Waals surface area contributed by atoms with E-state index in [-0.39, 0.29) is 5.92 Å². The van der Waals surface area contributed by atoms with Crippen molar-refractivity contribution in [1.29, 1.82) is 0 Å². The van der Waals surface area contributed by atoms with Gasteiger partial charge in [0.05, 0.1) is 0 Å². The molecular formula is C12H20N2O2. The average Bonchev–Trinajstić information content (AvgIpc) is 2.59. The molecule has 3 rings (SSSR count). The molecule has 4 heteroatoms. The molecule has 2 bridgehead atoms. The van der Waals surface area contributed by atoms with Gasteiger partial charge in [0, 0.05) is 44.3 Å². The maximum atomic E-state index is 12.5. The van der Waals surface area contributed by atoms with Crippen LogP contribution in [0.15, 0.2) is 0 Å². The summed E-state index contributed by atoms with van der Waals surface area (Å²) in [4.78, 5) is 14.6. The lowest BCUT2D eigenvalue weighted by Gasteiger charge is -2.38. The quantitative estimate of drug-likeness (QED) is 0.700. The predicted octanol–water partition coefficient (Wildman–Crippen LogP) is 0.376. The number of nitrogens with zero attached hydrogens (tertiary/aromatic N) is 1. The number of carbonyl (C=O) groups excluding carboxylic acids is 1. The third-order valence-corrected chi connectivity index (χ3v) is 4.20. The standard InChI is InChI=1S/C12H20N2O2/c15-12(9-3-5-16-6-4-9)14-10-1-2-11(14)8-13-7-10/h9-11,13H,1-8H2. The molecule has 0 aromatic carbocycles. The number of hydrogen-bond acceptors (Lipinski definition) is 3. The van der Waals surface area contributed by atoms with Gasteiger partial charge < -0.3 is 15.0 Å². The van der Waals surface area contributed by atoms with Gasteiger partial charge in [0.2, 0.25) is 5.91 Å². The summed E-state index contributed by atoms with van der Waals surface area (Å²) < 4.78 is 5.32. The molecule has 3 aliphatic heterocycles. The highest BCUT2D eigenvalue weighted by molar-refractivity contribution is 5.80. The summed E-state index contributed by atoms with van der Waals surface area (Å²) in [5, 5.41) is 3.42. The molecule has 2 atom stereocenters. The van der Waals surface area contributed by atoms with Crippen molar-refractivity contribution in [1.82, 2.24) is 10.2 Å². The summed E-state index contributed by atoms with van der Waals surface area (Å²) in [6.45, 7) is 3.51. The van der Waals surface area contributed by atoms with Crippen molar-refractivity contribution in [3.05, 3.63) is 0 Å². The zero-order chi connectivity index (χ0) is 11.0. The molecular weight excluding hydrogens is 204 g/mol. The summed E-state index contributed by atoms with van der Waals surface area (Å²) >= 11 is 0. The van der Waals surface area contributed by atoms with E-state index in [2.05, 4.69) is 10.2 Å². The van der Waals surface area contributed by atoms with E-state index in [0.29, 0.717) is 18.0 Å². The molecule has 2 unspecified atom stereocenters. The first-order valence-electron chi connectivity index (χ1n) is 6.47. The van der Waals surface area contributed by atoms with Crippen molar-refractivity contribution in [3.8, 4) is 0 Å². The maximum Gasteiger partial charge on any atom is 0.226 e. The minimum atomic E-state index is 0.231. The van der Waals surface area contributed by atoms with E-state index in [1.54, 1.807) is 0 Å². The number of carbonyl (C=O) groups is 1. The van der Waals surface area contributed by atoms with Gasteiger partial charge in [0.15, 0.2) is 0 Å². The van der Waals surface area contributed by atoms with Crippen molar-refractivity contribution in [2.24, 2.45) is 5.92 Å². The highest BCUT2D eigenvalue weighted by Crippen LogP contribution is 2.30. The van der Waals surface area contributed by atoms with Crippen LogP contribution in [-0.2, 0) is 9.53 Å². The van der Waals surface area contributed by atoms with Crippen LogP contribution in [0.5, 0.6) is 0 Å². The Kier molecular flexibility index (Phi) is 2.86. The van der Waals surface area contributed by atoms with Crippen LogP contribution in [-0.4, -0.2) is 49.2 Å². The summed E-state index contributed by atoms with van der Waals surface area (Å²) in [5.74, 6) is 0.632. The fraction of sp³-hybridized carbons (Fsp3) is 0.917. The summed E-state index contributed by atoms with van der Waals surface area (Å²) in [6, 6.07) is 0.934. The SMILES string of the molecule is O=C(C1CCOCC1)N1C2CCC1CNC2. The van der Waals surface area contributed by atoms with Crippen LogP contribution < -0.4 is 5.32 Å². The second-order valence-corrected chi connectivity index (χ2v) is 5.18. The summed E-state index contributed by atoms with van der Waals surface area (Å²) in [7, 11) is 0. The van der Waals surface area contributed by atoms with Gasteiger partial charge in [-0.25, -0.2) is 0 Å². The van der Waals surface area contributed by atoms with Crippen LogP contribution in [0, 0.1) is 5.92 Å². The Morgan fingerprint density at radius 1 is 1.06 bits per heavy atom. The van der Waals surface area contributed by atoms with Crippen LogP contribution in [0.2, 0.25) is 0 Å². The molecule has 3 saturated heterocycles. The maximum absolute atomic E-state index is 12.5. The molecule has 0 aromatic heterocycles. The number of ether oxygens (including phenoxy) is 1. The van der Waals surface area contributed by atoms with Gasteiger partial charge in [-0.1, -0.05) is 0 Å². The Hall–Kier alpha value is -0.610. The smallest absolute Gasteiger partial charge is 0.226 e. The minimum Gasteiger partial charge on any atom is -0.381 e. The van der Waals surface area contributed by atoms with E-state index in [1.807, 2.05) is 0 Å². The van der Waals surface area contributed by atoms with Gasteiger partial charge in [0.25, 0.3) is 0 Å². The van der Waals surface area contributed by atoms with E-state index in [4.69, 9.17) is 4.74 Å². The van der Waals surface area contributed by atoms with Crippen LogP contribution in [0.25, 0.3) is 0 Å². The average molecular weight is 224 g/mol. The monoisotopic (exact) mass is 224 g/mol. The molecule has 0 aliphatic carbocycles. The van der Waals surface area contributed by atoms with Gasteiger partial charge >= 0.3 is 0 Å². The van der Waals surface area contributed by atoms with E-state index in [1.165, 1.54) is 12.8 Å². The fourth-order valence-electron chi connectivity index (χ4n) is 3.29. The number of fused-ring (bicyclic) bond motifs is 2. The fourth-order valence-corrected chi connectivity index (χ4v) is 3.29. The van der Waals surface area contributed by atoms with Crippen LogP contribution in [0.4, 0.5) is 0 Å². The predicted molar refractivity (Wildman–Crippen MR) is 60.1 cm³/mol. The van der Waals surface area contributed by atoms with E-state index in [9.17, 15) is 4.79 Å². The Morgan fingerprint density at radius 3 is 2.31 bits per heavy atom. The van der Waals surface area contributed by atoms with Crippen LogP contribution in [0.3, 0.4) is 0 Å². The van der Waals surface area contributed by atoms with E-state index in [0.717, 1.165) is 39.1 Å². The van der Waals surface area contributed by atoms with Crippen molar-refractivity contribution < 1.29 is 9.53 Å². The summed E-state index contributed by atoms with van der Waals surface area (Å²) in [6.07, 6.45) is 4.21. The van der Waals surface area contributed by atoms with Crippen LogP contribution in [0.1, 0.15) is 25.7 Å². The highest BCUT2D eigenvalue weighted by Gasteiger charge is 2.41. The first-order valence-corrected chi connectivity index (χ1v) is 6.47. The molecule has 0 spiro atoms. The van der Waals surface area contributed by atoms with Gasteiger partial charge in [-0.15, -0.1) is 0 Å². The molecule has 16 heavy (non-hydrogen) atoms. The molecule has 0 radical (unpaired) electrons. The van der Waals surface area contributed by atoms with Crippen LogP contribution >= 0.6 is 0 Å². The number of amides is 1. The number of piperazine rings is 1. The molecule has 0 saturated carbocycles. The Morgan fingerprint density at radius 2 is 1.69 bits per heavy atom. The molecule has 3 aliphatic rings. The van der Waals surface area contributed by atoms with E-state index >= 15 is 0 Å². The molecule has 1 N–H and O–H groups in total. The Labute approximate surface area is 96.3 Å². The third-order valence-electron chi connectivity index (χ3n) is 4.20. The minimum absolute atomic E-state index is 0.231. The number of hydrogen-bond donors (Lipinski definition) is 1. The second-order valence-electron chi connectivity index (χ2n) is 5.18. The lowest BCUT2D eigenvalue weighted by atomic mass is 9.97. The highest BCUT2D eigenvalue weighted by atomic mass is 16.5. The van der Waals surface area contributed by atoms with Gasteiger partial charge in [-0.2, -0.15) is 0 Å². The summed E-state index contributed by atoms with van der Waals surface area (Å²) in [5.41, 5.74) is 0. The lowest BCUT2D eigenvalue weighted by molar-refractivity contribution is -0.142. The largest absolute Gasteiger partial charge is 0.381 e. The van der Waals surface area contributed by atoms with Crippen molar-refractivity contribution in [2.45, 2.75) is 37.8 Å².